The second kappa shape index (κ2) is 8.83. The van der Waals surface area contributed by atoms with Crippen LogP contribution in [0, 0.1) is 0 Å². The smallest absolute Gasteiger partial charge is 0.334 e. The molecule has 0 aromatic heterocycles. The van der Waals surface area contributed by atoms with Gasteiger partial charge < -0.3 is 10.4 Å². The number of hydrogen-bond acceptors (Lipinski definition) is 4. The number of thioether (sulfide) groups is 1. The minimum absolute atomic E-state index is 0.214. The Kier molecular flexibility index (Phi) is 6.51. The van der Waals surface area contributed by atoms with E-state index in [4.69, 9.17) is 0 Å². The number of carboxylic acid groups (broad SMARTS) is 1. The van der Waals surface area contributed by atoms with Gasteiger partial charge in [-0.3, -0.25) is 10.9 Å². The number of carbonyl (C=O) groups excluding carboxylic acids is 1. The minimum atomic E-state index is -1.08. The summed E-state index contributed by atoms with van der Waals surface area (Å²) in [7, 11) is 0. The predicted octanol–water partition coefficient (Wildman–Crippen LogP) is 2.73. The van der Waals surface area contributed by atoms with Gasteiger partial charge in [-0.15, -0.1) is 11.8 Å². The molecular weight excluding hydrogens is 326 g/mol. The molecule has 7 heteroatoms. The van der Waals surface area contributed by atoms with Gasteiger partial charge in [0.1, 0.15) is 6.04 Å². The number of benzene rings is 2. The molecule has 0 saturated carbocycles. The first kappa shape index (κ1) is 17.7. The first-order valence-corrected chi connectivity index (χ1v) is 8.54. The van der Waals surface area contributed by atoms with Crippen molar-refractivity contribution in [2.45, 2.75) is 17.4 Å². The van der Waals surface area contributed by atoms with Gasteiger partial charge in [0.15, 0.2) is 0 Å². The third-order valence-electron chi connectivity index (χ3n) is 3.30. The Morgan fingerprint density at radius 3 is 2.33 bits per heavy atom. The van der Waals surface area contributed by atoms with Crippen molar-refractivity contribution < 1.29 is 14.7 Å². The highest BCUT2D eigenvalue weighted by atomic mass is 32.2. The van der Waals surface area contributed by atoms with Crippen LogP contribution in [0.25, 0.3) is 0 Å². The standard InChI is InChI=1S/C17H19N3O3S/c1-24-14-9-7-13(8-10-14)19-20-17(23)18-15(16(21)22)11-12-5-3-2-4-6-12/h2-10,15,19H,11H2,1H3,(H,21,22)(H2,18,20,23). The molecule has 2 aromatic rings. The van der Waals surface area contributed by atoms with E-state index in [1.807, 2.05) is 60.9 Å². The van der Waals surface area contributed by atoms with E-state index in [2.05, 4.69) is 16.2 Å². The van der Waals surface area contributed by atoms with Crippen LogP contribution >= 0.6 is 11.8 Å². The van der Waals surface area contributed by atoms with Crippen molar-refractivity contribution in [2.75, 3.05) is 11.7 Å². The summed E-state index contributed by atoms with van der Waals surface area (Å²) >= 11 is 1.62. The number of rotatable bonds is 7. The molecule has 0 bridgehead atoms. The largest absolute Gasteiger partial charge is 0.480 e. The van der Waals surface area contributed by atoms with Crippen molar-refractivity contribution in [1.82, 2.24) is 10.7 Å². The average Bonchev–Trinajstić information content (AvgIpc) is 2.60. The molecule has 0 aliphatic heterocycles. The second-order valence-electron chi connectivity index (χ2n) is 5.03. The van der Waals surface area contributed by atoms with Gasteiger partial charge in [-0.05, 0) is 36.1 Å². The Hall–Kier alpha value is -2.67. The van der Waals surface area contributed by atoms with Gasteiger partial charge in [0.05, 0.1) is 5.69 Å². The molecular formula is C17H19N3O3S. The Bertz CT molecular complexity index is 677. The molecule has 0 aliphatic carbocycles. The molecule has 0 aliphatic rings. The average molecular weight is 345 g/mol. The zero-order valence-electron chi connectivity index (χ0n) is 13.2. The van der Waals surface area contributed by atoms with Gasteiger partial charge in [0, 0.05) is 11.3 Å². The van der Waals surface area contributed by atoms with Crippen molar-refractivity contribution >= 4 is 29.4 Å². The van der Waals surface area contributed by atoms with Crippen molar-refractivity contribution in [1.29, 1.82) is 0 Å². The summed E-state index contributed by atoms with van der Waals surface area (Å²) in [6.45, 7) is 0. The molecule has 0 spiro atoms. The van der Waals surface area contributed by atoms with Crippen LogP contribution in [-0.4, -0.2) is 29.4 Å². The Morgan fingerprint density at radius 2 is 1.75 bits per heavy atom. The van der Waals surface area contributed by atoms with E-state index in [-0.39, 0.29) is 6.42 Å². The zero-order valence-corrected chi connectivity index (χ0v) is 14.0. The molecule has 2 amide bonds. The van der Waals surface area contributed by atoms with E-state index in [9.17, 15) is 14.7 Å². The van der Waals surface area contributed by atoms with Crippen LogP contribution < -0.4 is 16.2 Å². The van der Waals surface area contributed by atoms with Gasteiger partial charge in [0.2, 0.25) is 0 Å². The van der Waals surface area contributed by atoms with Crippen LogP contribution in [0.4, 0.5) is 10.5 Å². The fourth-order valence-corrected chi connectivity index (χ4v) is 2.46. The minimum Gasteiger partial charge on any atom is -0.480 e. The Balaban J connectivity index is 1.87. The van der Waals surface area contributed by atoms with E-state index < -0.39 is 18.0 Å². The molecule has 2 rings (SSSR count). The summed E-state index contributed by atoms with van der Waals surface area (Å²) in [6.07, 6.45) is 2.19. The maximum absolute atomic E-state index is 11.9. The van der Waals surface area contributed by atoms with E-state index in [0.717, 1.165) is 10.5 Å². The van der Waals surface area contributed by atoms with Crippen LogP contribution in [0.5, 0.6) is 0 Å². The van der Waals surface area contributed by atoms with Crippen LogP contribution in [0.15, 0.2) is 59.5 Å². The molecule has 0 heterocycles. The summed E-state index contributed by atoms with van der Waals surface area (Å²) in [5.41, 5.74) is 6.72. The van der Waals surface area contributed by atoms with E-state index >= 15 is 0 Å². The summed E-state index contributed by atoms with van der Waals surface area (Å²) in [5, 5.41) is 11.7. The van der Waals surface area contributed by atoms with Gasteiger partial charge in [-0.25, -0.2) is 9.59 Å². The SMILES string of the molecule is CSc1ccc(NNC(=O)NC(Cc2ccccc2)C(=O)O)cc1. The number of anilines is 1. The Labute approximate surface area is 144 Å². The van der Waals surface area contributed by atoms with Gasteiger partial charge in [0.25, 0.3) is 0 Å². The molecule has 1 atom stereocenters. The normalized spacial score (nSPS) is 11.4. The van der Waals surface area contributed by atoms with E-state index in [0.29, 0.717) is 5.69 Å². The number of aliphatic carboxylic acids is 1. The lowest BCUT2D eigenvalue weighted by atomic mass is 10.1. The lowest BCUT2D eigenvalue weighted by Gasteiger charge is -2.16. The zero-order chi connectivity index (χ0) is 17.4. The van der Waals surface area contributed by atoms with Crippen molar-refractivity contribution in [2.24, 2.45) is 0 Å². The number of nitrogens with one attached hydrogen (secondary N) is 3. The lowest BCUT2D eigenvalue weighted by Crippen LogP contribution is -2.48. The second-order valence-corrected chi connectivity index (χ2v) is 5.91. The third-order valence-corrected chi connectivity index (χ3v) is 4.04. The van der Waals surface area contributed by atoms with Gasteiger partial charge in [-0.1, -0.05) is 30.3 Å². The summed E-state index contributed by atoms with van der Waals surface area (Å²) in [6, 6.07) is 15.0. The maximum Gasteiger partial charge on any atom is 0.334 e. The fourth-order valence-electron chi connectivity index (χ4n) is 2.05. The van der Waals surface area contributed by atoms with Crippen LogP contribution in [0.1, 0.15) is 5.56 Å². The molecule has 0 saturated heterocycles. The highest BCUT2D eigenvalue weighted by Gasteiger charge is 2.20. The molecule has 2 aromatic carbocycles. The van der Waals surface area contributed by atoms with Gasteiger partial charge >= 0.3 is 12.0 Å². The summed E-state index contributed by atoms with van der Waals surface area (Å²) in [5.74, 6) is -1.08. The Morgan fingerprint density at radius 1 is 1.08 bits per heavy atom. The first-order valence-electron chi connectivity index (χ1n) is 7.32. The molecule has 0 radical (unpaired) electrons. The number of urea groups is 1. The van der Waals surface area contributed by atoms with Crippen LogP contribution in [0.2, 0.25) is 0 Å². The van der Waals surface area contributed by atoms with Crippen molar-refractivity contribution in [3.05, 3.63) is 60.2 Å². The highest BCUT2D eigenvalue weighted by molar-refractivity contribution is 7.98. The number of hydrogen-bond donors (Lipinski definition) is 4. The quantitative estimate of drug-likeness (QED) is 0.458. The van der Waals surface area contributed by atoms with Gasteiger partial charge in [-0.2, -0.15) is 0 Å². The molecule has 24 heavy (non-hydrogen) atoms. The van der Waals surface area contributed by atoms with Crippen LogP contribution in [-0.2, 0) is 11.2 Å². The molecule has 4 N–H and O–H groups in total. The third kappa shape index (κ3) is 5.51. The summed E-state index contributed by atoms with van der Waals surface area (Å²) in [4.78, 5) is 24.3. The van der Waals surface area contributed by atoms with Crippen LogP contribution in [0.3, 0.4) is 0 Å². The number of carbonyl (C=O) groups is 2. The van der Waals surface area contributed by atoms with E-state index in [1.54, 1.807) is 11.8 Å². The topological polar surface area (TPSA) is 90.5 Å². The number of carboxylic acids is 1. The monoisotopic (exact) mass is 345 g/mol. The number of amides is 2. The number of hydrazine groups is 1. The highest BCUT2D eigenvalue weighted by Crippen LogP contribution is 2.16. The lowest BCUT2D eigenvalue weighted by molar-refractivity contribution is -0.139. The van der Waals surface area contributed by atoms with Crippen molar-refractivity contribution in [3.63, 3.8) is 0 Å². The maximum atomic E-state index is 11.9. The fraction of sp³-hybridized carbons (Fsp3) is 0.176. The summed E-state index contributed by atoms with van der Waals surface area (Å²) < 4.78 is 0. The van der Waals surface area contributed by atoms with Crippen molar-refractivity contribution in [3.8, 4) is 0 Å². The molecule has 1 unspecified atom stereocenters. The van der Waals surface area contributed by atoms with E-state index in [1.165, 1.54) is 0 Å². The first-order chi connectivity index (χ1) is 11.6. The molecule has 6 nitrogen and oxygen atoms in total. The predicted molar refractivity (Wildman–Crippen MR) is 95.1 cm³/mol. The molecule has 0 fully saturated rings. The molecule has 126 valence electrons.